The molecule has 1 rings (SSSR count). The van der Waals surface area contributed by atoms with Crippen molar-refractivity contribution in [2.45, 2.75) is 6.61 Å². The number of ether oxygens (including phenoxy) is 1. The first kappa shape index (κ1) is 8.99. The van der Waals surface area contributed by atoms with Crippen LogP contribution in [-0.4, -0.2) is 11.6 Å². The van der Waals surface area contributed by atoms with Crippen LogP contribution >= 0.6 is 11.6 Å². The fourth-order valence-corrected chi connectivity index (χ4v) is 0.831. The predicted octanol–water partition coefficient (Wildman–Crippen LogP) is 1.92. The van der Waals surface area contributed by atoms with Gasteiger partial charge in [0.25, 0.3) is 0 Å². The monoisotopic (exact) mass is 194 g/mol. The van der Waals surface area contributed by atoms with Crippen LogP contribution in [0, 0.1) is 0 Å². The molecule has 2 N–H and O–H groups in total. The summed E-state index contributed by atoms with van der Waals surface area (Å²) in [6, 6.07) is 1.28. The average Bonchev–Trinajstić information content (AvgIpc) is 1.94. The molecule has 1 heterocycles. The van der Waals surface area contributed by atoms with Crippen LogP contribution in [0.4, 0.5) is 14.5 Å². The van der Waals surface area contributed by atoms with Gasteiger partial charge >= 0.3 is 6.61 Å². The van der Waals surface area contributed by atoms with E-state index in [1.54, 1.807) is 0 Å². The molecule has 0 atom stereocenters. The largest absolute Gasteiger partial charge is 0.415 e. The molecule has 0 spiro atoms. The predicted molar refractivity (Wildman–Crippen MR) is 40.3 cm³/mol. The summed E-state index contributed by atoms with van der Waals surface area (Å²) < 4.78 is 27.3. The SMILES string of the molecule is Nc1cnc(OC(F)F)c(Cl)c1. The molecule has 0 bridgehead atoms. The second kappa shape index (κ2) is 3.53. The Hall–Kier alpha value is -1.10. The van der Waals surface area contributed by atoms with Crippen molar-refractivity contribution in [2.75, 3.05) is 5.73 Å². The first-order valence-electron chi connectivity index (χ1n) is 2.95. The Morgan fingerprint density at radius 3 is 2.75 bits per heavy atom. The standard InChI is InChI=1S/C6H5ClF2N2O/c7-4-1-3(10)2-11-5(4)12-6(8)9/h1-2,6H,10H2. The van der Waals surface area contributed by atoms with Crippen molar-refractivity contribution in [1.82, 2.24) is 4.98 Å². The van der Waals surface area contributed by atoms with Crippen LogP contribution in [0.15, 0.2) is 12.3 Å². The highest BCUT2D eigenvalue weighted by atomic mass is 35.5. The number of halogens is 3. The topological polar surface area (TPSA) is 48.1 Å². The molecule has 3 nitrogen and oxygen atoms in total. The lowest BCUT2D eigenvalue weighted by molar-refractivity contribution is -0.0527. The van der Waals surface area contributed by atoms with Crippen LogP contribution < -0.4 is 10.5 Å². The molecule has 0 radical (unpaired) electrons. The van der Waals surface area contributed by atoms with Crippen LogP contribution in [0.5, 0.6) is 5.88 Å². The lowest BCUT2D eigenvalue weighted by atomic mass is 10.4. The van der Waals surface area contributed by atoms with Gasteiger partial charge in [-0.05, 0) is 6.07 Å². The molecule has 0 unspecified atom stereocenters. The van der Waals surface area contributed by atoms with Crippen molar-refractivity contribution >= 4 is 17.3 Å². The molecule has 1 aromatic rings. The number of rotatable bonds is 2. The molecule has 0 saturated heterocycles. The molecule has 0 aromatic carbocycles. The van der Waals surface area contributed by atoms with Gasteiger partial charge in [0.05, 0.1) is 11.9 Å². The molecule has 66 valence electrons. The molecule has 6 heteroatoms. The van der Waals surface area contributed by atoms with E-state index in [1.165, 1.54) is 12.3 Å². The van der Waals surface area contributed by atoms with Crippen LogP contribution in [0.1, 0.15) is 0 Å². The van der Waals surface area contributed by atoms with Gasteiger partial charge in [-0.1, -0.05) is 11.6 Å². The number of pyridine rings is 1. The third kappa shape index (κ3) is 2.20. The highest BCUT2D eigenvalue weighted by molar-refractivity contribution is 6.32. The van der Waals surface area contributed by atoms with Crippen molar-refractivity contribution in [3.63, 3.8) is 0 Å². The van der Waals surface area contributed by atoms with E-state index in [0.717, 1.165) is 0 Å². The molecule has 1 aromatic heterocycles. The zero-order chi connectivity index (χ0) is 9.14. The van der Waals surface area contributed by atoms with E-state index in [0.29, 0.717) is 5.69 Å². The Kier molecular flexibility index (Phi) is 2.65. The third-order valence-electron chi connectivity index (χ3n) is 1.03. The minimum absolute atomic E-state index is 0.0321. The highest BCUT2D eigenvalue weighted by Gasteiger charge is 2.09. The lowest BCUT2D eigenvalue weighted by Gasteiger charge is -2.04. The normalized spacial score (nSPS) is 10.3. The van der Waals surface area contributed by atoms with Crippen molar-refractivity contribution in [1.29, 1.82) is 0 Å². The summed E-state index contributed by atoms with van der Waals surface area (Å²) in [4.78, 5) is 3.46. The maximum Gasteiger partial charge on any atom is 0.388 e. The number of hydrogen-bond donors (Lipinski definition) is 1. The molecule has 0 aliphatic rings. The third-order valence-corrected chi connectivity index (χ3v) is 1.30. The molecular weight excluding hydrogens is 190 g/mol. The van der Waals surface area contributed by atoms with Crippen molar-refractivity contribution in [2.24, 2.45) is 0 Å². The first-order chi connectivity index (χ1) is 5.59. The van der Waals surface area contributed by atoms with E-state index in [4.69, 9.17) is 17.3 Å². The maximum absolute atomic E-state index is 11.6. The van der Waals surface area contributed by atoms with Gasteiger partial charge < -0.3 is 10.5 Å². The Bertz CT molecular complexity index is 282. The van der Waals surface area contributed by atoms with Gasteiger partial charge in [-0.3, -0.25) is 0 Å². The highest BCUT2D eigenvalue weighted by Crippen LogP contribution is 2.24. The molecule has 0 amide bonds. The summed E-state index contributed by atoms with van der Waals surface area (Å²) in [6.45, 7) is -2.93. The van der Waals surface area contributed by atoms with Crippen molar-refractivity contribution in [3.8, 4) is 5.88 Å². The van der Waals surface area contributed by atoms with Crippen LogP contribution in [0.3, 0.4) is 0 Å². The zero-order valence-corrected chi connectivity index (χ0v) is 6.55. The quantitative estimate of drug-likeness (QED) is 0.783. The van der Waals surface area contributed by atoms with E-state index in [9.17, 15) is 8.78 Å². The number of anilines is 1. The van der Waals surface area contributed by atoms with Gasteiger partial charge in [0.1, 0.15) is 5.02 Å². The summed E-state index contributed by atoms with van der Waals surface area (Å²) in [5.74, 6) is -0.319. The number of nitrogens with two attached hydrogens (primary N) is 1. The smallest absolute Gasteiger partial charge is 0.388 e. The van der Waals surface area contributed by atoms with E-state index in [1.807, 2.05) is 0 Å². The Labute approximate surface area is 72.1 Å². The number of alkyl halides is 2. The molecule has 0 fully saturated rings. The Morgan fingerprint density at radius 2 is 2.25 bits per heavy atom. The summed E-state index contributed by atoms with van der Waals surface area (Å²) in [5.41, 5.74) is 5.56. The summed E-state index contributed by atoms with van der Waals surface area (Å²) >= 11 is 5.47. The van der Waals surface area contributed by atoms with E-state index in [2.05, 4.69) is 9.72 Å². The van der Waals surface area contributed by atoms with Crippen molar-refractivity contribution in [3.05, 3.63) is 17.3 Å². The number of aromatic nitrogens is 1. The maximum atomic E-state index is 11.6. The van der Waals surface area contributed by atoms with Crippen LogP contribution in [0.25, 0.3) is 0 Å². The lowest BCUT2D eigenvalue weighted by Crippen LogP contribution is -2.04. The zero-order valence-electron chi connectivity index (χ0n) is 5.80. The molecular formula is C6H5ClF2N2O. The van der Waals surface area contributed by atoms with E-state index < -0.39 is 6.61 Å². The van der Waals surface area contributed by atoms with Gasteiger partial charge in [-0.25, -0.2) is 4.98 Å². The second-order valence-corrected chi connectivity index (χ2v) is 2.34. The summed E-state index contributed by atoms with van der Waals surface area (Å²) in [6.07, 6.45) is 1.18. The number of nitrogen functional groups attached to an aromatic ring is 1. The summed E-state index contributed by atoms with van der Waals surface area (Å²) in [7, 11) is 0. The minimum Gasteiger partial charge on any atom is -0.415 e. The molecule has 12 heavy (non-hydrogen) atoms. The summed E-state index contributed by atoms with van der Waals surface area (Å²) in [5, 5.41) is -0.0321. The van der Waals surface area contributed by atoms with Crippen molar-refractivity contribution < 1.29 is 13.5 Å². The fraction of sp³-hybridized carbons (Fsp3) is 0.167. The van der Waals surface area contributed by atoms with Gasteiger partial charge in [0.15, 0.2) is 0 Å². The first-order valence-corrected chi connectivity index (χ1v) is 3.33. The van der Waals surface area contributed by atoms with Gasteiger partial charge in [0, 0.05) is 0 Å². The molecule has 0 aliphatic carbocycles. The van der Waals surface area contributed by atoms with Gasteiger partial charge in [-0.15, -0.1) is 0 Å². The van der Waals surface area contributed by atoms with E-state index >= 15 is 0 Å². The van der Waals surface area contributed by atoms with Crippen LogP contribution in [-0.2, 0) is 0 Å². The molecule has 0 saturated carbocycles. The minimum atomic E-state index is -2.93. The average molecular weight is 195 g/mol. The van der Waals surface area contributed by atoms with Gasteiger partial charge in [-0.2, -0.15) is 8.78 Å². The number of hydrogen-bond acceptors (Lipinski definition) is 3. The van der Waals surface area contributed by atoms with Gasteiger partial charge in [0.2, 0.25) is 5.88 Å². The van der Waals surface area contributed by atoms with Crippen LogP contribution in [0.2, 0.25) is 5.02 Å². The molecule has 0 aliphatic heterocycles. The Morgan fingerprint density at radius 1 is 1.58 bits per heavy atom. The second-order valence-electron chi connectivity index (χ2n) is 1.93. The van der Waals surface area contributed by atoms with E-state index in [-0.39, 0.29) is 10.9 Å². The Balaban J connectivity index is 2.86. The fourth-order valence-electron chi connectivity index (χ4n) is 0.611. The number of nitrogens with zero attached hydrogens (tertiary/aromatic N) is 1.